The lowest BCUT2D eigenvalue weighted by Gasteiger charge is -2.29. The topological polar surface area (TPSA) is 113 Å². The van der Waals surface area contributed by atoms with E-state index in [9.17, 15) is 13.2 Å². The molecule has 0 aliphatic rings. The van der Waals surface area contributed by atoms with Gasteiger partial charge in [0.05, 0.1) is 16.9 Å². The average Bonchev–Trinajstić information content (AvgIpc) is 2.28. The van der Waals surface area contributed by atoms with Gasteiger partial charge in [-0.25, -0.2) is 4.79 Å². The lowest BCUT2D eigenvalue weighted by atomic mass is 10.1. The highest BCUT2D eigenvalue weighted by Gasteiger charge is 2.27. The van der Waals surface area contributed by atoms with Crippen LogP contribution < -0.4 is 14.8 Å². The third kappa shape index (κ3) is 4.33. The van der Waals surface area contributed by atoms with Crippen molar-refractivity contribution in [2.75, 3.05) is 16.6 Å². The van der Waals surface area contributed by atoms with Crippen molar-refractivity contribution >= 4 is 27.6 Å². The molecule has 1 aromatic rings. The van der Waals surface area contributed by atoms with Crippen molar-refractivity contribution in [1.82, 2.24) is 4.72 Å². The monoisotopic (exact) mass is 315 g/mol. The molecule has 1 rings (SSSR count). The number of hydrogen-bond acceptors (Lipinski definition) is 4. The van der Waals surface area contributed by atoms with Crippen LogP contribution in [0.4, 0.5) is 11.4 Å². The molecule has 7 nitrogen and oxygen atoms in total. The fourth-order valence-corrected chi connectivity index (χ4v) is 3.48. The first-order valence-corrected chi connectivity index (χ1v) is 7.86. The minimum absolute atomic E-state index is 0.00785. The molecule has 0 aliphatic heterocycles. The SMILES string of the molecule is CCN(c1ccc(C(=O)O)cc1N)S(=O)(=O)NC(C)(C)C. The van der Waals surface area contributed by atoms with Gasteiger partial charge in [0.15, 0.2) is 0 Å². The second kappa shape index (κ2) is 5.90. The number of carboxylic acids is 1. The van der Waals surface area contributed by atoms with Gasteiger partial charge in [0.25, 0.3) is 0 Å². The molecule has 0 heterocycles. The number of aromatic carboxylic acids is 1. The number of hydrogen-bond donors (Lipinski definition) is 3. The summed E-state index contributed by atoms with van der Waals surface area (Å²) in [5, 5.41) is 8.91. The zero-order valence-corrected chi connectivity index (χ0v) is 13.4. The highest BCUT2D eigenvalue weighted by molar-refractivity contribution is 7.90. The smallest absolute Gasteiger partial charge is 0.335 e. The largest absolute Gasteiger partial charge is 0.478 e. The molecule has 0 saturated heterocycles. The molecule has 1 aromatic carbocycles. The Balaban J connectivity index is 3.25. The van der Waals surface area contributed by atoms with Crippen LogP contribution in [0.1, 0.15) is 38.1 Å². The standard InChI is InChI=1S/C13H21N3O4S/c1-5-16(21(19,20)15-13(2,3)4)11-7-6-9(12(17)18)8-10(11)14/h6-8,15H,5,14H2,1-4H3,(H,17,18). The summed E-state index contributed by atoms with van der Waals surface area (Å²) in [6.07, 6.45) is 0. The van der Waals surface area contributed by atoms with Crippen molar-refractivity contribution in [2.45, 2.75) is 33.2 Å². The minimum Gasteiger partial charge on any atom is -0.478 e. The molecule has 0 aliphatic carbocycles. The Morgan fingerprint density at radius 2 is 1.95 bits per heavy atom. The van der Waals surface area contributed by atoms with Crippen LogP contribution in [-0.4, -0.2) is 31.6 Å². The number of nitrogens with one attached hydrogen (secondary N) is 1. The van der Waals surface area contributed by atoms with Crippen LogP contribution in [0.25, 0.3) is 0 Å². The molecule has 21 heavy (non-hydrogen) atoms. The van der Waals surface area contributed by atoms with E-state index in [0.29, 0.717) is 0 Å². The maximum atomic E-state index is 12.4. The van der Waals surface area contributed by atoms with Crippen molar-refractivity contribution in [3.8, 4) is 0 Å². The predicted octanol–water partition coefficient (Wildman–Crippen LogP) is 1.43. The molecule has 0 fully saturated rings. The Morgan fingerprint density at radius 1 is 1.38 bits per heavy atom. The van der Waals surface area contributed by atoms with Gasteiger partial charge >= 0.3 is 16.2 Å². The number of nitrogen functional groups attached to an aromatic ring is 1. The summed E-state index contributed by atoms with van der Waals surface area (Å²) in [5.41, 5.74) is 5.51. The van der Waals surface area contributed by atoms with E-state index in [4.69, 9.17) is 10.8 Å². The molecule has 0 saturated carbocycles. The van der Waals surface area contributed by atoms with E-state index in [1.807, 2.05) is 0 Å². The lowest BCUT2D eigenvalue weighted by Crippen LogP contribution is -2.49. The van der Waals surface area contributed by atoms with Crippen molar-refractivity contribution in [2.24, 2.45) is 0 Å². The molecular formula is C13H21N3O4S. The van der Waals surface area contributed by atoms with E-state index in [1.165, 1.54) is 18.2 Å². The van der Waals surface area contributed by atoms with Gasteiger partial charge in [0.2, 0.25) is 0 Å². The summed E-state index contributed by atoms with van der Waals surface area (Å²) in [5.74, 6) is -1.12. The van der Waals surface area contributed by atoms with Crippen LogP contribution in [-0.2, 0) is 10.2 Å². The number of nitrogens with zero attached hydrogens (tertiary/aromatic N) is 1. The van der Waals surface area contributed by atoms with Crippen molar-refractivity contribution < 1.29 is 18.3 Å². The third-order valence-electron chi connectivity index (χ3n) is 2.56. The molecule has 0 unspecified atom stereocenters. The summed E-state index contributed by atoms with van der Waals surface area (Å²) < 4.78 is 28.4. The van der Waals surface area contributed by atoms with Gasteiger partial charge in [0, 0.05) is 12.1 Å². The van der Waals surface area contributed by atoms with E-state index in [-0.39, 0.29) is 23.5 Å². The zero-order chi connectivity index (χ0) is 16.4. The molecule has 0 radical (unpaired) electrons. The molecule has 0 bridgehead atoms. The van der Waals surface area contributed by atoms with Crippen LogP contribution in [0.3, 0.4) is 0 Å². The second-order valence-electron chi connectivity index (χ2n) is 5.60. The van der Waals surface area contributed by atoms with Gasteiger partial charge < -0.3 is 10.8 Å². The maximum absolute atomic E-state index is 12.4. The Morgan fingerprint density at radius 3 is 2.33 bits per heavy atom. The number of benzene rings is 1. The molecule has 8 heteroatoms. The van der Waals surface area contributed by atoms with Crippen molar-refractivity contribution in [3.05, 3.63) is 23.8 Å². The van der Waals surface area contributed by atoms with Crippen LogP contribution in [0.15, 0.2) is 18.2 Å². The number of anilines is 2. The first-order chi connectivity index (χ1) is 9.48. The molecule has 4 N–H and O–H groups in total. The Bertz CT molecular complexity index is 635. The lowest BCUT2D eigenvalue weighted by molar-refractivity contribution is 0.0697. The average molecular weight is 315 g/mol. The summed E-state index contributed by atoms with van der Waals surface area (Å²) in [6, 6.07) is 3.96. The summed E-state index contributed by atoms with van der Waals surface area (Å²) in [6.45, 7) is 7.04. The van der Waals surface area contributed by atoms with Gasteiger partial charge in [-0.15, -0.1) is 0 Å². The fraction of sp³-hybridized carbons (Fsp3) is 0.462. The minimum atomic E-state index is -3.78. The first kappa shape index (κ1) is 17.3. The van der Waals surface area contributed by atoms with E-state index >= 15 is 0 Å². The van der Waals surface area contributed by atoms with Crippen LogP contribution >= 0.6 is 0 Å². The highest BCUT2D eigenvalue weighted by Crippen LogP contribution is 2.26. The van der Waals surface area contributed by atoms with Gasteiger partial charge in [0.1, 0.15) is 0 Å². The van der Waals surface area contributed by atoms with E-state index in [0.717, 1.165) is 4.31 Å². The highest BCUT2D eigenvalue weighted by atomic mass is 32.2. The molecule has 0 amide bonds. The third-order valence-corrected chi connectivity index (χ3v) is 4.46. The van der Waals surface area contributed by atoms with E-state index in [1.54, 1.807) is 27.7 Å². The van der Waals surface area contributed by atoms with Crippen LogP contribution in [0, 0.1) is 0 Å². The number of nitrogens with two attached hydrogens (primary N) is 1. The fourth-order valence-electron chi connectivity index (χ4n) is 1.83. The van der Waals surface area contributed by atoms with Crippen molar-refractivity contribution in [1.29, 1.82) is 0 Å². The van der Waals surface area contributed by atoms with E-state index in [2.05, 4.69) is 4.72 Å². The summed E-state index contributed by atoms with van der Waals surface area (Å²) >= 11 is 0. The maximum Gasteiger partial charge on any atom is 0.335 e. The van der Waals surface area contributed by atoms with Gasteiger partial charge in [-0.1, -0.05) is 0 Å². The zero-order valence-electron chi connectivity index (χ0n) is 12.5. The molecule has 0 spiro atoms. The number of rotatable bonds is 5. The molecule has 118 valence electrons. The Kier molecular flexibility index (Phi) is 4.85. The van der Waals surface area contributed by atoms with Gasteiger partial charge in [-0.05, 0) is 45.9 Å². The van der Waals surface area contributed by atoms with E-state index < -0.39 is 21.7 Å². The summed E-state index contributed by atoms with van der Waals surface area (Å²) in [7, 11) is -3.78. The molecule has 0 atom stereocenters. The van der Waals surface area contributed by atoms with Crippen molar-refractivity contribution in [3.63, 3.8) is 0 Å². The first-order valence-electron chi connectivity index (χ1n) is 6.42. The summed E-state index contributed by atoms with van der Waals surface area (Å²) in [4.78, 5) is 10.9. The van der Waals surface area contributed by atoms with Crippen LogP contribution in [0.2, 0.25) is 0 Å². The normalized spacial score (nSPS) is 12.2. The predicted molar refractivity (Wildman–Crippen MR) is 82.6 cm³/mol. The molecule has 0 aromatic heterocycles. The van der Waals surface area contributed by atoms with Gasteiger partial charge in [-0.3, -0.25) is 4.31 Å². The van der Waals surface area contributed by atoms with Gasteiger partial charge in [-0.2, -0.15) is 13.1 Å². The number of carboxylic acid groups (broad SMARTS) is 1. The van der Waals surface area contributed by atoms with Crippen LogP contribution in [0.5, 0.6) is 0 Å². The number of carbonyl (C=O) groups is 1. The quantitative estimate of drug-likeness (QED) is 0.711. The molecular weight excluding hydrogens is 294 g/mol. The second-order valence-corrected chi connectivity index (χ2v) is 7.20. The Hall–Kier alpha value is -1.80. The Labute approximate surface area is 124 Å².